The van der Waals surface area contributed by atoms with Gasteiger partial charge in [-0.15, -0.1) is 0 Å². The molecule has 0 saturated carbocycles. The van der Waals surface area contributed by atoms with Crippen LogP contribution < -0.4 is 0 Å². The normalized spacial score (nSPS) is 15.3. The Hall–Kier alpha value is -1.91. The van der Waals surface area contributed by atoms with Crippen LogP contribution in [0.4, 0.5) is 0 Å². The second-order valence-electron chi connectivity index (χ2n) is 6.91. The maximum absolute atomic E-state index is 10.7. The summed E-state index contributed by atoms with van der Waals surface area (Å²) in [6, 6.07) is 10.2. The third-order valence-corrected chi connectivity index (χ3v) is 4.60. The van der Waals surface area contributed by atoms with Gasteiger partial charge in [-0.3, -0.25) is 14.8 Å². The molecule has 0 bridgehead atoms. The van der Waals surface area contributed by atoms with E-state index in [0.29, 0.717) is 5.75 Å². The molecule has 0 amide bonds. The fourth-order valence-electron chi connectivity index (χ4n) is 3.47. The average molecular weight is 325 g/mol. The lowest BCUT2D eigenvalue weighted by molar-refractivity contribution is 0.303. The predicted octanol–water partition coefficient (Wildman–Crippen LogP) is 3.32. The summed E-state index contributed by atoms with van der Waals surface area (Å²) in [5.41, 5.74) is 4.31. The van der Waals surface area contributed by atoms with Crippen molar-refractivity contribution >= 4 is 0 Å². The maximum Gasteiger partial charge on any atom is 0.124 e. The van der Waals surface area contributed by atoms with Crippen LogP contribution in [-0.2, 0) is 19.6 Å². The maximum atomic E-state index is 10.7. The van der Waals surface area contributed by atoms with Gasteiger partial charge in [0, 0.05) is 37.0 Å². The zero-order valence-corrected chi connectivity index (χ0v) is 14.7. The molecule has 1 saturated heterocycles. The van der Waals surface area contributed by atoms with E-state index in [1.807, 2.05) is 24.4 Å². The van der Waals surface area contributed by atoms with Crippen LogP contribution >= 0.6 is 0 Å². The lowest BCUT2D eigenvalue weighted by Crippen LogP contribution is -2.20. The van der Waals surface area contributed by atoms with Crippen molar-refractivity contribution in [2.75, 3.05) is 20.1 Å². The minimum absolute atomic E-state index is 0.459. The van der Waals surface area contributed by atoms with E-state index in [4.69, 9.17) is 0 Å². The molecule has 2 aromatic rings. The number of aromatic nitrogens is 1. The number of rotatable bonds is 6. The molecular weight excluding hydrogens is 298 g/mol. The summed E-state index contributed by atoms with van der Waals surface area (Å²) in [6.45, 7) is 6.73. The second-order valence-corrected chi connectivity index (χ2v) is 6.91. The van der Waals surface area contributed by atoms with Crippen molar-refractivity contribution in [3.63, 3.8) is 0 Å². The van der Waals surface area contributed by atoms with Crippen LogP contribution in [-0.4, -0.2) is 40.0 Å². The van der Waals surface area contributed by atoms with E-state index >= 15 is 0 Å². The molecule has 2 heterocycles. The molecule has 0 radical (unpaired) electrons. The standard InChI is InChI=1S/C20H27N3O/c1-16-11-17(13-22(2)15-19-7-3-4-8-21-19)20(24)18(12-16)14-23-9-5-6-10-23/h3-4,7-8,11-12,24H,5-6,9-10,13-15H2,1-2H3. The van der Waals surface area contributed by atoms with Gasteiger partial charge < -0.3 is 5.11 Å². The Morgan fingerprint density at radius 2 is 1.88 bits per heavy atom. The van der Waals surface area contributed by atoms with Gasteiger partial charge in [0.1, 0.15) is 5.75 Å². The molecule has 4 nitrogen and oxygen atoms in total. The van der Waals surface area contributed by atoms with Crippen LogP contribution in [0.1, 0.15) is 35.2 Å². The molecule has 1 aliphatic heterocycles. The minimum Gasteiger partial charge on any atom is -0.507 e. The zero-order valence-electron chi connectivity index (χ0n) is 14.7. The SMILES string of the molecule is Cc1cc(CN(C)Cc2ccccn2)c(O)c(CN2CCCC2)c1. The van der Waals surface area contributed by atoms with E-state index < -0.39 is 0 Å². The Bertz CT molecular complexity index is 666. The van der Waals surface area contributed by atoms with Crippen molar-refractivity contribution in [3.8, 4) is 5.75 Å². The van der Waals surface area contributed by atoms with Crippen molar-refractivity contribution in [1.82, 2.24) is 14.8 Å². The summed E-state index contributed by atoms with van der Waals surface area (Å²) in [7, 11) is 2.07. The van der Waals surface area contributed by atoms with Gasteiger partial charge in [0.05, 0.1) is 5.69 Å². The van der Waals surface area contributed by atoms with E-state index in [1.54, 1.807) is 0 Å². The van der Waals surface area contributed by atoms with E-state index in [0.717, 1.165) is 49.5 Å². The number of aryl methyl sites for hydroxylation is 1. The lowest BCUT2D eigenvalue weighted by atomic mass is 10.0. The van der Waals surface area contributed by atoms with E-state index in [9.17, 15) is 5.11 Å². The predicted molar refractivity (Wildman–Crippen MR) is 96.8 cm³/mol. The molecule has 3 rings (SSSR count). The van der Waals surface area contributed by atoms with Crippen molar-refractivity contribution in [2.24, 2.45) is 0 Å². The van der Waals surface area contributed by atoms with E-state index in [2.05, 4.69) is 40.9 Å². The molecule has 24 heavy (non-hydrogen) atoms. The number of likely N-dealkylation sites (tertiary alicyclic amines) is 1. The number of pyridine rings is 1. The number of hydrogen-bond donors (Lipinski definition) is 1. The van der Waals surface area contributed by atoms with Crippen molar-refractivity contribution in [3.05, 3.63) is 58.9 Å². The third-order valence-electron chi connectivity index (χ3n) is 4.60. The van der Waals surface area contributed by atoms with Gasteiger partial charge in [0.2, 0.25) is 0 Å². The van der Waals surface area contributed by atoms with E-state index in [1.165, 1.54) is 18.4 Å². The van der Waals surface area contributed by atoms with Gasteiger partial charge in [-0.1, -0.05) is 23.8 Å². The van der Waals surface area contributed by atoms with Crippen LogP contribution in [0.15, 0.2) is 36.5 Å². The summed E-state index contributed by atoms with van der Waals surface area (Å²) < 4.78 is 0. The van der Waals surface area contributed by atoms with Crippen molar-refractivity contribution < 1.29 is 5.11 Å². The van der Waals surface area contributed by atoms with Gasteiger partial charge in [0.15, 0.2) is 0 Å². The van der Waals surface area contributed by atoms with E-state index in [-0.39, 0.29) is 0 Å². The molecule has 1 aromatic carbocycles. The fourth-order valence-corrected chi connectivity index (χ4v) is 3.47. The number of phenolic OH excluding ortho intramolecular Hbond substituents is 1. The molecule has 0 spiro atoms. The van der Waals surface area contributed by atoms with Crippen LogP contribution in [0, 0.1) is 6.92 Å². The second kappa shape index (κ2) is 7.77. The molecule has 1 fully saturated rings. The van der Waals surface area contributed by atoms with Crippen LogP contribution in [0.25, 0.3) is 0 Å². The monoisotopic (exact) mass is 325 g/mol. The molecule has 4 heteroatoms. The smallest absolute Gasteiger partial charge is 0.124 e. The first kappa shape index (κ1) is 16.9. The van der Waals surface area contributed by atoms with Crippen LogP contribution in [0.2, 0.25) is 0 Å². The van der Waals surface area contributed by atoms with Gasteiger partial charge in [-0.05, 0) is 52.0 Å². The largest absolute Gasteiger partial charge is 0.507 e. The average Bonchev–Trinajstić information content (AvgIpc) is 3.06. The zero-order chi connectivity index (χ0) is 16.9. The molecule has 1 N–H and O–H groups in total. The van der Waals surface area contributed by atoms with Crippen LogP contribution in [0.5, 0.6) is 5.75 Å². The number of aromatic hydroxyl groups is 1. The summed E-state index contributed by atoms with van der Waals surface area (Å²) in [6.07, 6.45) is 4.36. The highest BCUT2D eigenvalue weighted by atomic mass is 16.3. The summed E-state index contributed by atoms with van der Waals surface area (Å²) in [5.74, 6) is 0.459. The number of hydrogen-bond acceptors (Lipinski definition) is 4. The first-order chi connectivity index (χ1) is 11.6. The molecule has 0 aliphatic carbocycles. The number of phenols is 1. The lowest BCUT2D eigenvalue weighted by Gasteiger charge is -2.21. The molecule has 128 valence electrons. The summed E-state index contributed by atoms with van der Waals surface area (Å²) in [5, 5.41) is 10.7. The Kier molecular flexibility index (Phi) is 5.48. The molecule has 0 atom stereocenters. The van der Waals surface area contributed by atoms with Gasteiger partial charge >= 0.3 is 0 Å². The van der Waals surface area contributed by atoms with Gasteiger partial charge in [0.25, 0.3) is 0 Å². The Labute approximate surface area is 144 Å². The Balaban J connectivity index is 1.71. The number of nitrogens with zero attached hydrogens (tertiary/aromatic N) is 3. The van der Waals surface area contributed by atoms with Gasteiger partial charge in [-0.2, -0.15) is 0 Å². The quantitative estimate of drug-likeness (QED) is 0.884. The first-order valence-electron chi connectivity index (χ1n) is 8.74. The Morgan fingerprint density at radius 3 is 2.58 bits per heavy atom. The summed E-state index contributed by atoms with van der Waals surface area (Å²) in [4.78, 5) is 8.99. The van der Waals surface area contributed by atoms with Crippen molar-refractivity contribution in [1.29, 1.82) is 0 Å². The van der Waals surface area contributed by atoms with Crippen LogP contribution in [0.3, 0.4) is 0 Å². The molecule has 1 aliphatic rings. The highest BCUT2D eigenvalue weighted by Gasteiger charge is 2.16. The summed E-state index contributed by atoms with van der Waals surface area (Å²) >= 11 is 0. The topological polar surface area (TPSA) is 39.6 Å². The first-order valence-corrected chi connectivity index (χ1v) is 8.74. The highest BCUT2D eigenvalue weighted by molar-refractivity contribution is 5.43. The fraction of sp³-hybridized carbons (Fsp3) is 0.450. The Morgan fingerprint density at radius 1 is 1.12 bits per heavy atom. The minimum atomic E-state index is 0.459. The number of benzene rings is 1. The van der Waals surface area contributed by atoms with Crippen molar-refractivity contribution in [2.45, 2.75) is 39.4 Å². The van der Waals surface area contributed by atoms with Gasteiger partial charge in [-0.25, -0.2) is 0 Å². The highest BCUT2D eigenvalue weighted by Crippen LogP contribution is 2.28. The molecule has 0 unspecified atom stereocenters. The molecule has 1 aromatic heterocycles. The third kappa shape index (κ3) is 4.34. The molecular formula is C20H27N3O.